The van der Waals surface area contributed by atoms with Gasteiger partial charge in [-0.3, -0.25) is 24.4 Å². The Morgan fingerprint density at radius 2 is 1.55 bits per heavy atom. The molecule has 3 amide bonds. The number of nitrogens with zero attached hydrogens (tertiary/aromatic N) is 6. The molecule has 0 bridgehead atoms. The zero-order valence-electron chi connectivity index (χ0n) is 24.6. The number of nitrogens with two attached hydrogens (primary N) is 2. The van der Waals surface area contributed by atoms with Crippen molar-refractivity contribution >= 4 is 51.7 Å². The van der Waals surface area contributed by atoms with Gasteiger partial charge >= 0.3 is 0 Å². The van der Waals surface area contributed by atoms with Crippen LogP contribution in [0.3, 0.4) is 0 Å². The van der Waals surface area contributed by atoms with Gasteiger partial charge in [-0.05, 0) is 43.7 Å². The number of anilines is 2. The van der Waals surface area contributed by atoms with Crippen molar-refractivity contribution in [3.63, 3.8) is 0 Å². The molecule has 0 aliphatic heterocycles. The van der Waals surface area contributed by atoms with Crippen LogP contribution in [0.4, 0.5) is 11.9 Å². The lowest BCUT2D eigenvalue weighted by Gasteiger charge is -2.12. The summed E-state index contributed by atoms with van der Waals surface area (Å²) in [6.45, 7) is 4.72. The number of phenols is 1. The maximum Gasteiger partial charge on any atom is 0.276 e. The first-order valence-corrected chi connectivity index (χ1v) is 13.7. The Balaban J connectivity index is 1.53. The van der Waals surface area contributed by atoms with Crippen LogP contribution in [0.25, 0.3) is 22.1 Å². The molecular formula is C29H32N10O5. The van der Waals surface area contributed by atoms with Crippen LogP contribution in [-0.2, 0) is 19.6 Å². The van der Waals surface area contributed by atoms with Crippen molar-refractivity contribution in [3.05, 3.63) is 65.0 Å². The van der Waals surface area contributed by atoms with E-state index in [9.17, 15) is 19.5 Å². The summed E-state index contributed by atoms with van der Waals surface area (Å²) in [5, 5.41) is 20.8. The molecule has 5 rings (SSSR count). The van der Waals surface area contributed by atoms with Crippen LogP contribution in [0.15, 0.2) is 42.6 Å². The molecule has 0 saturated heterocycles. The van der Waals surface area contributed by atoms with Gasteiger partial charge in [-0.2, -0.15) is 5.10 Å². The molecule has 3 heterocycles. The monoisotopic (exact) mass is 600 g/mol. The zero-order valence-corrected chi connectivity index (χ0v) is 24.6. The number of benzene rings is 2. The fraction of sp³-hybridized carbons (Fsp3) is 0.241. The number of hydrogen-bond acceptors (Lipinski definition) is 9. The number of primary amides is 2. The van der Waals surface area contributed by atoms with Gasteiger partial charge in [-0.15, -0.1) is 0 Å². The van der Waals surface area contributed by atoms with Gasteiger partial charge in [0.2, 0.25) is 23.7 Å². The van der Waals surface area contributed by atoms with Gasteiger partial charge in [0.1, 0.15) is 28.2 Å². The minimum Gasteiger partial charge on any atom is -0.506 e. The average Bonchev–Trinajstić information content (AvgIpc) is 3.66. The van der Waals surface area contributed by atoms with Crippen molar-refractivity contribution in [1.29, 1.82) is 0 Å². The molecule has 0 spiro atoms. The number of allylic oxidation sites excluding steroid dienone is 2. The number of carbonyl (C=O) groups excluding carboxylic acids is 3. The van der Waals surface area contributed by atoms with Crippen LogP contribution in [0.5, 0.6) is 11.5 Å². The molecule has 0 unspecified atom stereocenters. The van der Waals surface area contributed by atoms with E-state index < -0.39 is 17.7 Å². The van der Waals surface area contributed by atoms with Gasteiger partial charge in [0.05, 0.1) is 24.3 Å². The molecule has 7 N–H and O–H groups in total. The lowest BCUT2D eigenvalue weighted by molar-refractivity contribution is 0.0991. The first kappa shape index (κ1) is 29.6. The average molecular weight is 601 g/mol. The summed E-state index contributed by atoms with van der Waals surface area (Å²) in [5.74, 6) is -0.824. The summed E-state index contributed by atoms with van der Waals surface area (Å²) in [6.07, 6.45) is 5.32. The van der Waals surface area contributed by atoms with Gasteiger partial charge in [-0.25, -0.2) is 9.97 Å². The number of imidazole rings is 2. The first-order chi connectivity index (χ1) is 21.1. The van der Waals surface area contributed by atoms with Crippen molar-refractivity contribution in [2.24, 2.45) is 11.5 Å². The van der Waals surface area contributed by atoms with Crippen LogP contribution < -0.4 is 26.8 Å². The van der Waals surface area contributed by atoms with Crippen molar-refractivity contribution in [1.82, 2.24) is 28.9 Å². The first-order valence-electron chi connectivity index (χ1n) is 13.7. The summed E-state index contributed by atoms with van der Waals surface area (Å²) >= 11 is 0. The molecule has 44 heavy (non-hydrogen) atoms. The SMILES string of the molecule is CCn1ncc(C)c1C(=O)Nc1nc2cc(C(N)=O)cc(OC)c2n1C/C=C/Cn1c(NC)nc2cc(C(N)=O)cc(O)c21. The van der Waals surface area contributed by atoms with E-state index in [1.165, 1.54) is 31.4 Å². The van der Waals surface area contributed by atoms with Crippen LogP contribution in [0.1, 0.15) is 43.7 Å². The molecular weight excluding hydrogens is 568 g/mol. The number of carbonyl (C=O) groups is 3. The predicted octanol–water partition coefficient (Wildman–Crippen LogP) is 2.37. The van der Waals surface area contributed by atoms with Crippen LogP contribution in [0, 0.1) is 6.92 Å². The number of aryl methyl sites for hydroxylation is 2. The van der Waals surface area contributed by atoms with E-state index >= 15 is 0 Å². The molecule has 0 aliphatic carbocycles. The van der Waals surface area contributed by atoms with Crippen molar-refractivity contribution in [3.8, 4) is 11.5 Å². The fourth-order valence-corrected chi connectivity index (χ4v) is 5.09. The standard InChI is InChI=1S/C29H32N10O5/c1-5-39-22(15(2)14-33-39)27(43)36-29-35-19-11-17(26(31)42)13-21(44-4)24(19)38(29)9-7-6-8-37-23-18(34-28(37)32-3)10-16(25(30)41)12-20(23)40/h6-7,10-14,40H,5,8-9H2,1-4H3,(H2,30,41)(H2,31,42)(H,32,34)(H,35,36,43)/b7-6+. The molecule has 3 aromatic heterocycles. The minimum absolute atomic E-state index is 0.138. The zero-order chi connectivity index (χ0) is 31.7. The highest BCUT2D eigenvalue weighted by molar-refractivity contribution is 6.05. The Kier molecular flexibility index (Phi) is 7.94. The lowest BCUT2D eigenvalue weighted by Crippen LogP contribution is -2.20. The number of ether oxygens (including phenoxy) is 1. The molecule has 0 fully saturated rings. The summed E-state index contributed by atoms with van der Waals surface area (Å²) in [6, 6.07) is 5.88. The van der Waals surface area contributed by atoms with Gasteiger partial charge in [0, 0.05) is 37.8 Å². The number of aromatic hydroxyl groups is 1. The fourth-order valence-electron chi connectivity index (χ4n) is 5.09. The quantitative estimate of drug-likeness (QED) is 0.141. The van der Waals surface area contributed by atoms with Crippen LogP contribution >= 0.6 is 0 Å². The number of phenolic OH excluding ortho intramolecular Hbond substituents is 1. The van der Waals surface area contributed by atoms with Crippen LogP contribution in [0.2, 0.25) is 0 Å². The normalized spacial score (nSPS) is 11.5. The van der Waals surface area contributed by atoms with Gasteiger partial charge in [-0.1, -0.05) is 12.2 Å². The Hall–Kier alpha value is -5.86. The Labute approximate surface area is 251 Å². The van der Waals surface area contributed by atoms with E-state index in [0.29, 0.717) is 58.1 Å². The summed E-state index contributed by atoms with van der Waals surface area (Å²) in [4.78, 5) is 46.1. The highest BCUT2D eigenvalue weighted by Crippen LogP contribution is 2.32. The van der Waals surface area contributed by atoms with Crippen molar-refractivity contribution in [2.75, 3.05) is 24.8 Å². The van der Waals surface area contributed by atoms with E-state index in [2.05, 4.69) is 25.7 Å². The summed E-state index contributed by atoms with van der Waals surface area (Å²) in [7, 11) is 3.16. The third-order valence-corrected chi connectivity index (χ3v) is 7.15. The smallest absolute Gasteiger partial charge is 0.276 e. The number of methoxy groups -OCH3 is 1. The molecule has 0 aliphatic rings. The van der Waals surface area contributed by atoms with Crippen molar-refractivity contribution in [2.45, 2.75) is 33.5 Å². The number of nitrogens with one attached hydrogen (secondary N) is 2. The summed E-state index contributed by atoms with van der Waals surface area (Å²) < 4.78 is 10.7. The third kappa shape index (κ3) is 5.26. The second-order valence-corrected chi connectivity index (χ2v) is 9.90. The maximum atomic E-state index is 13.4. The second-order valence-electron chi connectivity index (χ2n) is 9.90. The van der Waals surface area contributed by atoms with E-state index in [-0.39, 0.29) is 29.4 Å². The summed E-state index contributed by atoms with van der Waals surface area (Å²) in [5.41, 5.74) is 14.1. The highest BCUT2D eigenvalue weighted by Gasteiger charge is 2.22. The molecule has 2 aromatic carbocycles. The van der Waals surface area contributed by atoms with Crippen molar-refractivity contribution < 1.29 is 24.2 Å². The van der Waals surface area contributed by atoms with Gasteiger partial charge in [0.15, 0.2) is 0 Å². The molecule has 5 aromatic rings. The van der Waals surface area contributed by atoms with Gasteiger partial charge < -0.3 is 35.8 Å². The van der Waals surface area contributed by atoms with E-state index in [4.69, 9.17) is 16.2 Å². The third-order valence-electron chi connectivity index (χ3n) is 7.15. The lowest BCUT2D eigenvalue weighted by atomic mass is 10.1. The Morgan fingerprint density at radius 3 is 2.14 bits per heavy atom. The largest absolute Gasteiger partial charge is 0.506 e. The predicted molar refractivity (Wildman–Crippen MR) is 164 cm³/mol. The molecule has 0 saturated carbocycles. The Bertz CT molecular complexity index is 1970. The Morgan fingerprint density at radius 1 is 0.955 bits per heavy atom. The molecule has 0 radical (unpaired) electrons. The number of amides is 3. The van der Waals surface area contributed by atoms with E-state index in [1.807, 2.05) is 19.1 Å². The number of hydrogen-bond donors (Lipinski definition) is 5. The second kappa shape index (κ2) is 11.8. The van der Waals surface area contributed by atoms with E-state index in [0.717, 1.165) is 0 Å². The molecule has 228 valence electrons. The number of rotatable bonds is 11. The van der Waals surface area contributed by atoms with E-state index in [1.54, 1.807) is 34.0 Å². The number of fused-ring (bicyclic) bond motifs is 2. The highest BCUT2D eigenvalue weighted by atomic mass is 16.5. The van der Waals surface area contributed by atoms with Crippen LogP contribution in [-0.4, -0.2) is 65.9 Å². The molecule has 15 heteroatoms. The number of aromatic nitrogens is 6. The molecule has 15 nitrogen and oxygen atoms in total. The minimum atomic E-state index is -0.675. The topological polar surface area (TPSA) is 210 Å². The van der Waals surface area contributed by atoms with Gasteiger partial charge in [0.25, 0.3) is 5.91 Å². The molecule has 0 atom stereocenters. The maximum absolute atomic E-state index is 13.4.